The summed E-state index contributed by atoms with van der Waals surface area (Å²) in [6, 6.07) is 6.45. The molecule has 154 valence electrons. The summed E-state index contributed by atoms with van der Waals surface area (Å²) >= 11 is 0. The van der Waals surface area contributed by atoms with E-state index in [0.29, 0.717) is 30.8 Å². The number of sulfonamides is 1. The van der Waals surface area contributed by atoms with Gasteiger partial charge in [0.1, 0.15) is 0 Å². The molecule has 1 saturated carbocycles. The molecule has 7 heteroatoms. The number of aryl methyl sites for hydroxylation is 2. The fraction of sp³-hybridized carbons (Fsp3) is 0.667. The lowest BCUT2D eigenvalue weighted by Crippen LogP contribution is -2.46. The quantitative estimate of drug-likeness (QED) is 0.814. The van der Waals surface area contributed by atoms with Crippen LogP contribution in [0.4, 0.5) is 0 Å². The van der Waals surface area contributed by atoms with E-state index in [-0.39, 0.29) is 17.9 Å². The molecule has 0 spiro atoms. The van der Waals surface area contributed by atoms with Crippen LogP contribution in [0.2, 0.25) is 0 Å². The van der Waals surface area contributed by atoms with Gasteiger partial charge in [-0.25, -0.2) is 8.42 Å². The van der Waals surface area contributed by atoms with Crippen molar-refractivity contribution in [3.8, 4) is 0 Å². The molecule has 0 aromatic heterocycles. The molecule has 28 heavy (non-hydrogen) atoms. The molecular weight excluding hydrogens is 374 g/mol. The van der Waals surface area contributed by atoms with Crippen LogP contribution in [0.3, 0.4) is 0 Å². The topological polar surface area (TPSA) is 69.7 Å². The third-order valence-corrected chi connectivity index (χ3v) is 8.46. The SMILES string of the molecule is Cc1ccc(S(=O)(=O)N2CCC(C(=O)NC3CCN(C4CC4)C3)CC2)c(C)c1. The van der Waals surface area contributed by atoms with Gasteiger partial charge in [-0.1, -0.05) is 17.7 Å². The fourth-order valence-corrected chi connectivity index (χ4v) is 6.26. The van der Waals surface area contributed by atoms with Crippen molar-refractivity contribution in [2.75, 3.05) is 26.2 Å². The third-order valence-electron chi connectivity index (χ3n) is 6.40. The number of nitrogens with one attached hydrogen (secondary N) is 1. The van der Waals surface area contributed by atoms with Crippen LogP contribution in [-0.2, 0) is 14.8 Å². The molecule has 1 amide bonds. The first-order valence-electron chi connectivity index (χ1n) is 10.5. The van der Waals surface area contributed by atoms with Gasteiger partial charge in [0.05, 0.1) is 4.90 Å². The van der Waals surface area contributed by atoms with E-state index in [1.54, 1.807) is 10.4 Å². The summed E-state index contributed by atoms with van der Waals surface area (Å²) in [5.74, 6) is 0.0201. The van der Waals surface area contributed by atoms with Crippen LogP contribution >= 0.6 is 0 Å². The standard InChI is InChI=1S/C21H31N3O3S/c1-15-3-6-20(16(2)13-15)28(26,27)24-11-7-17(8-12-24)21(25)22-18-9-10-23(14-18)19-4-5-19/h3,6,13,17-19H,4-5,7-12,14H2,1-2H3,(H,22,25). The van der Waals surface area contributed by atoms with Crippen LogP contribution in [0.5, 0.6) is 0 Å². The average molecular weight is 406 g/mol. The molecule has 1 aliphatic carbocycles. The van der Waals surface area contributed by atoms with E-state index >= 15 is 0 Å². The number of benzene rings is 1. The van der Waals surface area contributed by atoms with Gasteiger partial charge >= 0.3 is 0 Å². The predicted octanol–water partition coefficient (Wildman–Crippen LogP) is 2.06. The maximum Gasteiger partial charge on any atom is 0.243 e. The predicted molar refractivity (Wildman–Crippen MR) is 109 cm³/mol. The number of hydrogen-bond acceptors (Lipinski definition) is 4. The van der Waals surface area contributed by atoms with E-state index in [2.05, 4.69) is 10.2 Å². The van der Waals surface area contributed by atoms with Crippen LogP contribution in [0, 0.1) is 19.8 Å². The van der Waals surface area contributed by atoms with Crippen LogP contribution in [0.1, 0.15) is 43.2 Å². The second-order valence-electron chi connectivity index (χ2n) is 8.67. The minimum atomic E-state index is -3.50. The molecule has 1 unspecified atom stereocenters. The summed E-state index contributed by atoms with van der Waals surface area (Å²) in [5, 5.41) is 3.21. The van der Waals surface area contributed by atoms with Crippen molar-refractivity contribution < 1.29 is 13.2 Å². The lowest BCUT2D eigenvalue weighted by atomic mass is 9.97. The van der Waals surface area contributed by atoms with Crippen molar-refractivity contribution in [3.63, 3.8) is 0 Å². The van der Waals surface area contributed by atoms with Gasteiger partial charge < -0.3 is 5.32 Å². The number of carbonyl (C=O) groups is 1. The summed E-state index contributed by atoms with van der Waals surface area (Å²) in [5.41, 5.74) is 1.83. The highest BCUT2D eigenvalue weighted by molar-refractivity contribution is 7.89. The second-order valence-corrected chi connectivity index (χ2v) is 10.6. The van der Waals surface area contributed by atoms with Gasteiger partial charge in [0, 0.05) is 44.2 Å². The number of likely N-dealkylation sites (tertiary alicyclic amines) is 1. The summed E-state index contributed by atoms with van der Waals surface area (Å²) in [6.07, 6.45) is 4.81. The third kappa shape index (κ3) is 4.11. The molecule has 1 atom stereocenters. The summed E-state index contributed by atoms with van der Waals surface area (Å²) < 4.78 is 27.5. The van der Waals surface area contributed by atoms with Crippen molar-refractivity contribution in [2.24, 2.45) is 5.92 Å². The van der Waals surface area contributed by atoms with Crippen molar-refractivity contribution in [1.82, 2.24) is 14.5 Å². The summed E-state index contributed by atoms with van der Waals surface area (Å²) in [4.78, 5) is 15.5. The maximum absolute atomic E-state index is 13.0. The molecule has 0 bridgehead atoms. The highest BCUT2D eigenvalue weighted by atomic mass is 32.2. The van der Waals surface area contributed by atoms with Crippen LogP contribution in [0.25, 0.3) is 0 Å². The Hall–Kier alpha value is -1.44. The van der Waals surface area contributed by atoms with Gasteiger partial charge in [-0.15, -0.1) is 0 Å². The molecule has 1 aromatic carbocycles. The molecule has 3 aliphatic rings. The number of nitrogens with zero attached hydrogens (tertiary/aromatic N) is 2. The van der Waals surface area contributed by atoms with Crippen LogP contribution in [-0.4, -0.2) is 61.8 Å². The zero-order chi connectivity index (χ0) is 19.9. The molecule has 2 heterocycles. The van der Waals surface area contributed by atoms with Crippen molar-refractivity contribution in [1.29, 1.82) is 0 Å². The highest BCUT2D eigenvalue weighted by Crippen LogP contribution is 2.30. The van der Waals surface area contributed by atoms with E-state index in [1.807, 2.05) is 26.0 Å². The van der Waals surface area contributed by atoms with Gasteiger partial charge in [-0.05, 0) is 57.6 Å². The van der Waals surface area contributed by atoms with Gasteiger partial charge in [-0.2, -0.15) is 4.31 Å². The molecule has 6 nitrogen and oxygen atoms in total. The van der Waals surface area contributed by atoms with Crippen molar-refractivity contribution >= 4 is 15.9 Å². The average Bonchev–Trinajstić information content (AvgIpc) is 3.41. The Balaban J connectivity index is 1.32. The number of amides is 1. The Labute approximate surface area is 168 Å². The van der Waals surface area contributed by atoms with Crippen LogP contribution in [0.15, 0.2) is 23.1 Å². The fourth-order valence-electron chi connectivity index (χ4n) is 4.58. The van der Waals surface area contributed by atoms with Crippen LogP contribution < -0.4 is 5.32 Å². The van der Waals surface area contributed by atoms with Crippen molar-refractivity contribution in [3.05, 3.63) is 29.3 Å². The lowest BCUT2D eigenvalue weighted by Gasteiger charge is -2.31. The molecular formula is C21H31N3O3S. The number of hydrogen-bond donors (Lipinski definition) is 1. The zero-order valence-corrected chi connectivity index (χ0v) is 17.7. The molecule has 3 fully saturated rings. The highest BCUT2D eigenvalue weighted by Gasteiger charge is 2.37. The minimum Gasteiger partial charge on any atom is -0.352 e. The van der Waals surface area contributed by atoms with Gasteiger partial charge in [0.2, 0.25) is 15.9 Å². The first kappa shape index (κ1) is 19.9. The zero-order valence-electron chi connectivity index (χ0n) is 16.9. The summed E-state index contributed by atoms with van der Waals surface area (Å²) in [7, 11) is -3.50. The first-order valence-corrected chi connectivity index (χ1v) is 11.9. The smallest absolute Gasteiger partial charge is 0.243 e. The summed E-state index contributed by atoms with van der Waals surface area (Å²) in [6.45, 7) is 6.67. The largest absolute Gasteiger partial charge is 0.352 e. The monoisotopic (exact) mass is 405 g/mol. The van der Waals surface area contributed by atoms with E-state index in [1.165, 1.54) is 12.8 Å². The number of carbonyl (C=O) groups excluding carboxylic acids is 1. The van der Waals surface area contributed by atoms with E-state index in [4.69, 9.17) is 0 Å². The lowest BCUT2D eigenvalue weighted by molar-refractivity contribution is -0.126. The normalized spacial score (nSPS) is 25.1. The molecule has 1 aromatic rings. The molecule has 4 rings (SSSR count). The molecule has 1 N–H and O–H groups in total. The molecule has 2 saturated heterocycles. The maximum atomic E-state index is 13.0. The van der Waals surface area contributed by atoms with Gasteiger partial charge in [0.25, 0.3) is 0 Å². The van der Waals surface area contributed by atoms with Gasteiger partial charge in [0.15, 0.2) is 0 Å². The molecule has 2 aliphatic heterocycles. The molecule has 0 radical (unpaired) electrons. The Morgan fingerprint density at radius 2 is 1.75 bits per heavy atom. The minimum absolute atomic E-state index is 0.0828. The van der Waals surface area contributed by atoms with Gasteiger partial charge in [-0.3, -0.25) is 9.69 Å². The number of rotatable bonds is 5. The first-order chi connectivity index (χ1) is 13.3. The Morgan fingerprint density at radius 3 is 2.39 bits per heavy atom. The second kappa shape index (κ2) is 7.76. The van der Waals surface area contributed by atoms with E-state index in [9.17, 15) is 13.2 Å². The number of piperidine rings is 1. The Kier molecular flexibility index (Phi) is 5.51. The van der Waals surface area contributed by atoms with E-state index < -0.39 is 10.0 Å². The Bertz CT molecular complexity index is 842. The van der Waals surface area contributed by atoms with Crippen molar-refractivity contribution in [2.45, 2.75) is 62.9 Å². The Morgan fingerprint density at radius 1 is 1.04 bits per heavy atom. The van der Waals surface area contributed by atoms with E-state index in [0.717, 1.165) is 36.7 Å².